The molecule has 0 N–H and O–H groups in total. The predicted octanol–water partition coefficient (Wildman–Crippen LogP) is 4.16. The van der Waals surface area contributed by atoms with Crippen molar-refractivity contribution in [2.75, 3.05) is 32.8 Å². The summed E-state index contributed by atoms with van der Waals surface area (Å²) in [6, 6.07) is 6.64. The molecule has 0 aliphatic carbocycles. The molecule has 2 aromatic rings. The van der Waals surface area contributed by atoms with Crippen LogP contribution >= 0.6 is 0 Å². The first-order chi connectivity index (χ1) is 15.4. The zero-order chi connectivity index (χ0) is 23.3. The number of ether oxygens (including phenoxy) is 4. The van der Waals surface area contributed by atoms with E-state index < -0.39 is 12.2 Å². The Morgan fingerprint density at radius 2 is 1.78 bits per heavy atom. The lowest BCUT2D eigenvalue weighted by Crippen LogP contribution is -2.47. The van der Waals surface area contributed by atoms with Crippen LogP contribution < -0.4 is 14.4 Å². The molecule has 0 radical (unpaired) electrons. The van der Waals surface area contributed by atoms with Crippen LogP contribution in [0.3, 0.4) is 0 Å². The Bertz CT molecular complexity index is 952. The van der Waals surface area contributed by atoms with Gasteiger partial charge < -0.3 is 18.9 Å². The Hall–Kier alpha value is -3.49. The van der Waals surface area contributed by atoms with E-state index >= 15 is 0 Å². The molecule has 9 nitrogen and oxygen atoms in total. The van der Waals surface area contributed by atoms with Crippen molar-refractivity contribution < 1.29 is 28.5 Å². The number of pyridine rings is 1. The topological polar surface area (TPSA) is 90.4 Å². The molecule has 9 heteroatoms. The smallest absolute Gasteiger partial charge is 0.414 e. The second-order valence-corrected chi connectivity index (χ2v) is 7.39. The number of hydrogen-bond acceptors (Lipinski definition) is 7. The van der Waals surface area contributed by atoms with Crippen LogP contribution in [0.1, 0.15) is 37.4 Å². The highest BCUT2D eigenvalue weighted by Gasteiger charge is 2.40. The molecule has 0 saturated carbocycles. The van der Waals surface area contributed by atoms with Crippen LogP contribution in [0.4, 0.5) is 15.3 Å². The van der Waals surface area contributed by atoms with Crippen molar-refractivity contribution in [3.8, 4) is 11.5 Å². The van der Waals surface area contributed by atoms with E-state index in [2.05, 4.69) is 4.98 Å². The van der Waals surface area contributed by atoms with E-state index in [1.807, 2.05) is 19.1 Å². The third kappa shape index (κ3) is 4.56. The second kappa shape index (κ2) is 10.2. The van der Waals surface area contributed by atoms with E-state index in [1.165, 1.54) is 14.2 Å². The van der Waals surface area contributed by atoms with Gasteiger partial charge in [0.05, 0.1) is 39.7 Å². The number of rotatable bonds is 6. The summed E-state index contributed by atoms with van der Waals surface area (Å²) >= 11 is 0. The molecule has 1 aliphatic rings. The number of carbonyl (C=O) groups excluding carboxylic acids is 2. The first kappa shape index (κ1) is 23.2. The molecule has 1 aromatic heterocycles. The average Bonchev–Trinajstić information content (AvgIpc) is 2.81. The summed E-state index contributed by atoms with van der Waals surface area (Å²) in [6.07, 6.45) is 2.92. The number of nitrogens with zero attached hydrogens (tertiary/aromatic N) is 3. The fourth-order valence-electron chi connectivity index (χ4n) is 4.02. The Morgan fingerprint density at radius 3 is 2.38 bits per heavy atom. The van der Waals surface area contributed by atoms with Crippen molar-refractivity contribution in [1.82, 2.24) is 9.88 Å². The molecule has 0 saturated heterocycles. The van der Waals surface area contributed by atoms with Crippen LogP contribution in [-0.4, -0.2) is 56.0 Å². The molecular formula is C23H29N3O6. The number of fused-ring (bicyclic) bond motifs is 1. The Labute approximate surface area is 187 Å². The Morgan fingerprint density at radius 1 is 1.12 bits per heavy atom. The van der Waals surface area contributed by atoms with E-state index in [-0.39, 0.29) is 18.7 Å². The summed E-state index contributed by atoms with van der Waals surface area (Å²) in [4.78, 5) is 32.9. The van der Waals surface area contributed by atoms with Gasteiger partial charge in [-0.15, -0.1) is 0 Å². The predicted molar refractivity (Wildman–Crippen MR) is 118 cm³/mol. The van der Waals surface area contributed by atoms with Crippen LogP contribution in [0.25, 0.3) is 0 Å². The zero-order valence-corrected chi connectivity index (χ0v) is 19.0. The lowest BCUT2D eigenvalue weighted by atomic mass is 9.90. The normalized spacial score (nSPS) is 17.2. The maximum atomic E-state index is 12.9. The molecule has 2 atom stereocenters. The van der Waals surface area contributed by atoms with Gasteiger partial charge in [-0.05, 0) is 44.0 Å². The van der Waals surface area contributed by atoms with Crippen molar-refractivity contribution in [3.63, 3.8) is 0 Å². The molecule has 172 valence electrons. The minimum absolute atomic E-state index is 0.241. The highest BCUT2D eigenvalue weighted by Crippen LogP contribution is 2.46. The summed E-state index contributed by atoms with van der Waals surface area (Å²) in [7, 11) is 4.43. The first-order valence-electron chi connectivity index (χ1n) is 10.4. The molecule has 3 rings (SSSR count). The van der Waals surface area contributed by atoms with Gasteiger partial charge in [-0.25, -0.2) is 9.59 Å². The molecule has 32 heavy (non-hydrogen) atoms. The van der Waals surface area contributed by atoms with Gasteiger partial charge in [-0.1, -0.05) is 0 Å². The van der Waals surface area contributed by atoms with Gasteiger partial charge in [0, 0.05) is 36.6 Å². The third-order valence-electron chi connectivity index (χ3n) is 5.51. The van der Waals surface area contributed by atoms with Gasteiger partial charge in [0.2, 0.25) is 0 Å². The molecule has 0 fully saturated rings. The molecule has 0 bridgehead atoms. The van der Waals surface area contributed by atoms with Gasteiger partial charge in [-0.3, -0.25) is 14.8 Å². The fraction of sp³-hybridized carbons (Fsp3) is 0.435. The lowest BCUT2D eigenvalue weighted by Gasteiger charge is -2.42. The monoisotopic (exact) mass is 443 g/mol. The van der Waals surface area contributed by atoms with E-state index in [0.29, 0.717) is 30.2 Å². The van der Waals surface area contributed by atoms with Crippen LogP contribution in [0.5, 0.6) is 11.5 Å². The molecule has 1 aliphatic heterocycles. The van der Waals surface area contributed by atoms with Gasteiger partial charge >= 0.3 is 12.2 Å². The molecular weight excluding hydrogens is 414 g/mol. The summed E-state index contributed by atoms with van der Waals surface area (Å²) in [5.41, 5.74) is 2.26. The highest BCUT2D eigenvalue weighted by atomic mass is 16.6. The number of carbonyl (C=O) groups is 2. The van der Waals surface area contributed by atoms with Gasteiger partial charge in [0.15, 0.2) is 11.5 Å². The number of hydrogen-bond donors (Lipinski definition) is 0. The number of methoxy groups -OCH3 is 3. The Balaban J connectivity index is 2.14. The Kier molecular flexibility index (Phi) is 7.40. The van der Waals surface area contributed by atoms with Crippen molar-refractivity contribution in [1.29, 1.82) is 0 Å². The standard InChI is InChI=1S/C23H29N3O6/c1-6-32-23(28)26-15(2)11-18(17-12-20(29-3)21(30-4)13-19(17)26)25(22(27)31-5)14-16-7-9-24-10-8-16/h7-10,12-13,15,18H,6,11,14H2,1-5H3. The molecule has 2 amide bonds. The van der Waals surface area contributed by atoms with E-state index in [1.54, 1.807) is 48.4 Å². The van der Waals surface area contributed by atoms with E-state index in [0.717, 1.165) is 11.1 Å². The summed E-state index contributed by atoms with van der Waals surface area (Å²) < 4.78 is 21.4. The molecule has 2 unspecified atom stereocenters. The van der Waals surface area contributed by atoms with Gasteiger partial charge in [-0.2, -0.15) is 0 Å². The molecule has 2 heterocycles. The van der Waals surface area contributed by atoms with Crippen molar-refractivity contribution in [3.05, 3.63) is 47.8 Å². The molecule has 1 aromatic carbocycles. The van der Waals surface area contributed by atoms with E-state index in [9.17, 15) is 9.59 Å². The van der Waals surface area contributed by atoms with E-state index in [4.69, 9.17) is 18.9 Å². The summed E-state index contributed by atoms with van der Waals surface area (Å²) in [6.45, 7) is 4.26. The summed E-state index contributed by atoms with van der Waals surface area (Å²) in [5.74, 6) is 0.982. The van der Waals surface area contributed by atoms with Crippen LogP contribution in [0.15, 0.2) is 36.7 Å². The lowest BCUT2D eigenvalue weighted by molar-refractivity contribution is 0.0941. The number of benzene rings is 1. The maximum absolute atomic E-state index is 12.9. The maximum Gasteiger partial charge on any atom is 0.414 e. The van der Waals surface area contributed by atoms with Crippen molar-refractivity contribution >= 4 is 17.9 Å². The van der Waals surface area contributed by atoms with Crippen molar-refractivity contribution in [2.24, 2.45) is 0 Å². The number of amides is 2. The van der Waals surface area contributed by atoms with Gasteiger partial charge in [0.1, 0.15) is 0 Å². The highest BCUT2D eigenvalue weighted by molar-refractivity contribution is 5.91. The van der Waals surface area contributed by atoms with Crippen molar-refractivity contribution in [2.45, 2.75) is 38.9 Å². The van der Waals surface area contributed by atoms with Crippen LogP contribution in [0, 0.1) is 0 Å². The fourth-order valence-corrected chi connectivity index (χ4v) is 4.02. The second-order valence-electron chi connectivity index (χ2n) is 7.39. The van der Waals surface area contributed by atoms with Gasteiger partial charge in [0.25, 0.3) is 0 Å². The average molecular weight is 444 g/mol. The largest absolute Gasteiger partial charge is 0.493 e. The SMILES string of the molecule is CCOC(=O)N1c2cc(OC)c(OC)cc2C(N(Cc2ccncc2)C(=O)OC)CC1C. The quantitative estimate of drug-likeness (QED) is 0.662. The van der Waals surface area contributed by atoms with Crippen LogP contribution in [0.2, 0.25) is 0 Å². The zero-order valence-electron chi connectivity index (χ0n) is 19.0. The minimum Gasteiger partial charge on any atom is -0.493 e. The molecule has 0 spiro atoms. The third-order valence-corrected chi connectivity index (χ3v) is 5.51. The number of anilines is 1. The van der Waals surface area contributed by atoms with Crippen LogP contribution in [-0.2, 0) is 16.0 Å². The first-order valence-corrected chi connectivity index (χ1v) is 10.4. The summed E-state index contributed by atoms with van der Waals surface area (Å²) in [5, 5.41) is 0. The minimum atomic E-state index is -0.468. The number of aromatic nitrogens is 1.